The fraction of sp³-hybridized carbons (Fsp3) is 0.154. The van der Waals surface area contributed by atoms with Gasteiger partial charge in [0.05, 0.1) is 0 Å². The van der Waals surface area contributed by atoms with E-state index >= 15 is 0 Å². The van der Waals surface area contributed by atoms with Gasteiger partial charge in [-0.25, -0.2) is 4.79 Å². The van der Waals surface area contributed by atoms with E-state index in [2.05, 4.69) is 5.92 Å². The number of hydrogen-bond acceptors (Lipinski definition) is 2. The largest absolute Gasteiger partial charge is 0.462 e. The molecule has 0 fully saturated rings. The van der Waals surface area contributed by atoms with Crippen molar-refractivity contribution in [3.63, 3.8) is 0 Å². The molecule has 0 aliphatic rings. The Balaban J connectivity index is 2.44. The van der Waals surface area contributed by atoms with Crippen molar-refractivity contribution >= 4 is 23.6 Å². The molecule has 16 heavy (non-hydrogen) atoms. The monoisotopic (exact) mass is 234 g/mol. The summed E-state index contributed by atoms with van der Waals surface area (Å²) in [5.74, 6) is 1.99. The van der Waals surface area contributed by atoms with Gasteiger partial charge in [-0.2, -0.15) is 0 Å². The summed E-state index contributed by atoms with van der Waals surface area (Å²) in [5.41, 5.74) is 0.887. The van der Waals surface area contributed by atoms with E-state index in [1.54, 1.807) is 18.2 Å². The van der Waals surface area contributed by atoms with E-state index in [1.807, 2.05) is 12.1 Å². The van der Waals surface area contributed by atoms with Gasteiger partial charge in [-0.1, -0.05) is 23.7 Å². The fourth-order valence-corrected chi connectivity index (χ4v) is 1.12. The third-order valence-electron chi connectivity index (χ3n) is 1.77. The topological polar surface area (TPSA) is 26.3 Å². The molecule has 1 rings (SSSR count). The van der Waals surface area contributed by atoms with Crippen molar-refractivity contribution in [1.29, 1.82) is 0 Å². The number of ether oxygens (including phenoxy) is 1. The number of esters is 1. The summed E-state index contributed by atoms with van der Waals surface area (Å²) in [4.78, 5) is 11.2. The van der Waals surface area contributed by atoms with Crippen LogP contribution in [0.3, 0.4) is 0 Å². The average molecular weight is 235 g/mol. The predicted molar refractivity (Wildman–Crippen MR) is 64.9 cm³/mol. The normalized spacial score (nSPS) is 10.0. The van der Waals surface area contributed by atoms with Crippen LogP contribution in [0.15, 0.2) is 30.3 Å². The zero-order chi connectivity index (χ0) is 11.8. The van der Waals surface area contributed by atoms with E-state index in [4.69, 9.17) is 22.8 Å². The Morgan fingerprint density at radius 2 is 2.12 bits per heavy atom. The molecule has 1 aromatic carbocycles. The van der Waals surface area contributed by atoms with Crippen molar-refractivity contribution in [2.24, 2.45) is 0 Å². The molecule has 0 aliphatic carbocycles. The molecular formula is C13H11ClO2. The van der Waals surface area contributed by atoms with Gasteiger partial charge in [-0.15, -0.1) is 12.3 Å². The van der Waals surface area contributed by atoms with Crippen LogP contribution in [0.25, 0.3) is 6.08 Å². The van der Waals surface area contributed by atoms with Gasteiger partial charge in [0.1, 0.15) is 6.61 Å². The second-order valence-electron chi connectivity index (χ2n) is 3.01. The number of hydrogen-bond donors (Lipinski definition) is 0. The number of rotatable bonds is 4. The Labute approximate surface area is 99.9 Å². The summed E-state index contributed by atoms with van der Waals surface area (Å²) in [5, 5.41) is 0.661. The summed E-state index contributed by atoms with van der Waals surface area (Å²) < 4.78 is 4.83. The minimum absolute atomic E-state index is 0.250. The van der Waals surface area contributed by atoms with E-state index in [-0.39, 0.29) is 6.61 Å². The molecule has 0 unspecified atom stereocenters. The number of benzene rings is 1. The molecular weight excluding hydrogens is 224 g/mol. The van der Waals surface area contributed by atoms with Gasteiger partial charge in [-0.3, -0.25) is 0 Å². The van der Waals surface area contributed by atoms with Crippen molar-refractivity contribution in [2.45, 2.75) is 6.42 Å². The zero-order valence-electron chi connectivity index (χ0n) is 8.65. The van der Waals surface area contributed by atoms with E-state index < -0.39 is 5.97 Å². The van der Waals surface area contributed by atoms with Gasteiger partial charge in [0.2, 0.25) is 0 Å². The maximum absolute atomic E-state index is 11.2. The zero-order valence-corrected chi connectivity index (χ0v) is 9.41. The van der Waals surface area contributed by atoms with Gasteiger partial charge in [0.15, 0.2) is 0 Å². The highest BCUT2D eigenvalue weighted by Gasteiger charge is 1.95. The molecule has 1 aromatic rings. The summed E-state index contributed by atoms with van der Waals surface area (Å²) in [6.45, 7) is 0.250. The maximum atomic E-state index is 11.2. The van der Waals surface area contributed by atoms with Crippen molar-refractivity contribution in [3.05, 3.63) is 40.9 Å². The van der Waals surface area contributed by atoms with Crippen molar-refractivity contribution in [2.75, 3.05) is 6.61 Å². The number of carbonyl (C=O) groups excluding carboxylic acids is 1. The summed E-state index contributed by atoms with van der Waals surface area (Å²) in [7, 11) is 0. The molecule has 0 atom stereocenters. The lowest BCUT2D eigenvalue weighted by molar-refractivity contribution is -0.137. The molecule has 0 saturated heterocycles. The highest BCUT2D eigenvalue weighted by Crippen LogP contribution is 2.10. The number of terminal acetylenes is 1. The van der Waals surface area contributed by atoms with Crippen LogP contribution in [0.4, 0.5) is 0 Å². The van der Waals surface area contributed by atoms with Crippen LogP contribution < -0.4 is 0 Å². The minimum atomic E-state index is -0.398. The van der Waals surface area contributed by atoms with E-state index in [0.717, 1.165) is 5.56 Å². The third kappa shape index (κ3) is 4.68. The Kier molecular flexibility index (Phi) is 5.18. The molecule has 0 bridgehead atoms. The van der Waals surface area contributed by atoms with Gasteiger partial charge in [-0.05, 0) is 23.8 Å². The lowest BCUT2D eigenvalue weighted by atomic mass is 10.2. The minimum Gasteiger partial charge on any atom is -0.462 e. The maximum Gasteiger partial charge on any atom is 0.330 e. The summed E-state index contributed by atoms with van der Waals surface area (Å²) >= 11 is 5.72. The highest BCUT2D eigenvalue weighted by molar-refractivity contribution is 6.30. The first-order chi connectivity index (χ1) is 7.72. The fourth-order valence-electron chi connectivity index (χ4n) is 0.997. The molecule has 82 valence electrons. The molecule has 2 nitrogen and oxygen atoms in total. The smallest absolute Gasteiger partial charge is 0.330 e. The molecule has 0 N–H and O–H groups in total. The molecule has 0 radical (unpaired) electrons. The number of halogens is 1. The van der Waals surface area contributed by atoms with E-state index in [1.165, 1.54) is 6.08 Å². The van der Waals surface area contributed by atoms with Crippen molar-refractivity contribution in [3.8, 4) is 12.3 Å². The lowest BCUT2D eigenvalue weighted by Crippen LogP contribution is -2.01. The van der Waals surface area contributed by atoms with E-state index in [0.29, 0.717) is 11.4 Å². The standard InChI is InChI=1S/C13H11ClO2/c1-2-3-10-16-13(15)9-6-11-4-7-12(14)8-5-11/h1,4-9H,3,10H2. The third-order valence-corrected chi connectivity index (χ3v) is 2.02. The molecule has 0 heterocycles. The molecule has 3 heteroatoms. The molecule has 0 saturated carbocycles. The van der Waals surface area contributed by atoms with Crippen LogP contribution in [0, 0.1) is 12.3 Å². The van der Waals surface area contributed by atoms with Crippen molar-refractivity contribution in [1.82, 2.24) is 0 Å². The summed E-state index contributed by atoms with van der Waals surface area (Å²) in [6, 6.07) is 7.14. The quantitative estimate of drug-likeness (QED) is 0.347. The highest BCUT2D eigenvalue weighted by atomic mass is 35.5. The van der Waals surface area contributed by atoms with E-state index in [9.17, 15) is 4.79 Å². The van der Waals surface area contributed by atoms with Gasteiger partial charge in [0, 0.05) is 17.5 Å². The number of carbonyl (C=O) groups is 1. The van der Waals surface area contributed by atoms with Crippen molar-refractivity contribution < 1.29 is 9.53 Å². The molecule has 0 aliphatic heterocycles. The van der Waals surface area contributed by atoms with Crippen LogP contribution in [0.2, 0.25) is 5.02 Å². The SMILES string of the molecule is C#CCCOC(=O)C=Cc1ccc(Cl)cc1. The predicted octanol–water partition coefficient (Wildman–Crippen LogP) is 2.92. The summed E-state index contributed by atoms with van der Waals surface area (Å²) in [6.07, 6.45) is 8.48. The Morgan fingerprint density at radius 1 is 1.44 bits per heavy atom. The van der Waals surface area contributed by atoms with Crippen LogP contribution in [0.1, 0.15) is 12.0 Å². The Morgan fingerprint density at radius 3 is 2.75 bits per heavy atom. The molecule has 0 aromatic heterocycles. The first-order valence-corrected chi connectivity index (χ1v) is 5.14. The Hall–Kier alpha value is -1.72. The second-order valence-corrected chi connectivity index (χ2v) is 3.44. The van der Waals surface area contributed by atoms with Gasteiger partial charge < -0.3 is 4.74 Å². The van der Waals surface area contributed by atoms with Crippen LogP contribution in [-0.4, -0.2) is 12.6 Å². The first kappa shape index (κ1) is 12.4. The van der Waals surface area contributed by atoms with Gasteiger partial charge in [0.25, 0.3) is 0 Å². The molecule has 0 amide bonds. The van der Waals surface area contributed by atoms with Crippen LogP contribution in [-0.2, 0) is 9.53 Å². The molecule has 0 spiro atoms. The average Bonchev–Trinajstić information content (AvgIpc) is 2.29. The van der Waals surface area contributed by atoms with Crippen LogP contribution in [0.5, 0.6) is 0 Å². The first-order valence-electron chi connectivity index (χ1n) is 4.76. The lowest BCUT2D eigenvalue weighted by Gasteiger charge is -1.97. The second kappa shape index (κ2) is 6.71. The van der Waals surface area contributed by atoms with Gasteiger partial charge >= 0.3 is 5.97 Å². The van der Waals surface area contributed by atoms with Crippen LogP contribution >= 0.6 is 11.6 Å². The Bertz CT molecular complexity index is 413.